The number of aromatic nitrogens is 4. The van der Waals surface area contributed by atoms with Crippen molar-refractivity contribution in [3.8, 4) is 22.8 Å². The monoisotopic (exact) mass is 350 g/mol. The van der Waals surface area contributed by atoms with Crippen molar-refractivity contribution in [1.82, 2.24) is 19.6 Å². The highest BCUT2D eigenvalue weighted by Crippen LogP contribution is 2.20. The van der Waals surface area contributed by atoms with Crippen LogP contribution < -0.4 is 5.43 Å². The van der Waals surface area contributed by atoms with Crippen LogP contribution in [0.3, 0.4) is 0 Å². The summed E-state index contributed by atoms with van der Waals surface area (Å²) in [5.74, 6) is -1.55. The Morgan fingerprint density at radius 3 is 2.31 bits per heavy atom. The topological polar surface area (TPSA) is 52.7 Å². The van der Waals surface area contributed by atoms with E-state index in [1.807, 2.05) is 30.3 Å². The molecule has 0 aliphatic rings. The third-order valence-electron chi connectivity index (χ3n) is 3.86. The van der Waals surface area contributed by atoms with Crippen molar-refractivity contribution in [2.24, 2.45) is 0 Å². The number of hydrogen-bond donors (Lipinski definition) is 0. The summed E-state index contributed by atoms with van der Waals surface area (Å²) in [6.45, 7) is 0. The Hall–Kier alpha value is -3.61. The molecule has 0 aliphatic carbocycles. The van der Waals surface area contributed by atoms with Crippen molar-refractivity contribution in [2.75, 3.05) is 0 Å². The van der Waals surface area contributed by atoms with Crippen LogP contribution >= 0.6 is 0 Å². The summed E-state index contributed by atoms with van der Waals surface area (Å²) in [4.78, 5) is 12.4. The van der Waals surface area contributed by atoms with Gasteiger partial charge in [-0.05, 0) is 30.3 Å². The Balaban J connectivity index is 1.90. The predicted molar refractivity (Wildman–Crippen MR) is 92.3 cm³/mol. The Morgan fingerprint density at radius 2 is 1.58 bits per heavy atom. The lowest BCUT2D eigenvalue weighted by Gasteiger charge is -2.10. The zero-order valence-corrected chi connectivity index (χ0v) is 13.4. The Labute approximate surface area is 146 Å². The van der Waals surface area contributed by atoms with E-state index < -0.39 is 11.6 Å². The van der Waals surface area contributed by atoms with E-state index in [0.717, 1.165) is 22.5 Å². The van der Waals surface area contributed by atoms with Crippen LogP contribution in [0.2, 0.25) is 0 Å². The van der Waals surface area contributed by atoms with Crippen molar-refractivity contribution >= 4 is 0 Å². The molecule has 0 fully saturated rings. The third-order valence-corrected chi connectivity index (χ3v) is 3.86. The molecule has 2 heterocycles. The van der Waals surface area contributed by atoms with Crippen LogP contribution in [0.1, 0.15) is 0 Å². The molecule has 0 atom stereocenters. The van der Waals surface area contributed by atoms with Gasteiger partial charge in [-0.1, -0.05) is 24.3 Å². The molecular weight excluding hydrogens is 338 g/mol. The van der Waals surface area contributed by atoms with Crippen LogP contribution in [-0.4, -0.2) is 19.6 Å². The molecule has 4 rings (SSSR count). The first-order chi connectivity index (χ1) is 12.6. The number of hydrogen-bond acceptors (Lipinski definition) is 3. The van der Waals surface area contributed by atoms with E-state index in [4.69, 9.17) is 0 Å². The molecule has 0 amide bonds. The maximum absolute atomic E-state index is 14.1. The van der Waals surface area contributed by atoms with Gasteiger partial charge in [0.05, 0.1) is 17.6 Å². The van der Waals surface area contributed by atoms with Crippen molar-refractivity contribution in [2.45, 2.75) is 0 Å². The van der Waals surface area contributed by atoms with Gasteiger partial charge in [0.15, 0.2) is 17.3 Å². The largest absolute Gasteiger partial charge is 0.287 e. The van der Waals surface area contributed by atoms with Gasteiger partial charge in [-0.25, -0.2) is 18.1 Å². The Morgan fingerprint density at radius 1 is 0.846 bits per heavy atom. The third kappa shape index (κ3) is 2.69. The normalized spacial score (nSPS) is 10.8. The fraction of sp³-hybridized carbons (Fsp3) is 0. The molecule has 7 heteroatoms. The van der Waals surface area contributed by atoms with Gasteiger partial charge in [-0.2, -0.15) is 10.2 Å². The minimum absolute atomic E-state index is 0.0384. The maximum atomic E-state index is 14.1. The van der Waals surface area contributed by atoms with Crippen molar-refractivity contribution in [1.29, 1.82) is 0 Å². The molecular formula is C19H12F2N4O. The number of halogens is 2. The number of rotatable bonds is 3. The Bertz CT molecular complexity index is 1120. The SMILES string of the molecule is O=c1ccn(-c2c(F)cccc2F)nc1-c1ccnn1-c1ccccc1. The second kappa shape index (κ2) is 6.36. The number of nitrogens with zero attached hydrogens (tertiary/aromatic N) is 4. The van der Waals surface area contributed by atoms with E-state index in [-0.39, 0.29) is 16.8 Å². The van der Waals surface area contributed by atoms with E-state index in [9.17, 15) is 13.6 Å². The molecule has 5 nitrogen and oxygen atoms in total. The average Bonchev–Trinajstić information content (AvgIpc) is 3.13. The molecule has 2 aromatic heterocycles. The zero-order chi connectivity index (χ0) is 18.1. The smallest absolute Gasteiger partial charge is 0.209 e. The highest BCUT2D eigenvalue weighted by atomic mass is 19.1. The van der Waals surface area contributed by atoms with Crippen LogP contribution in [0.25, 0.3) is 22.8 Å². The average molecular weight is 350 g/mol. The quantitative estimate of drug-likeness (QED) is 0.569. The minimum atomic E-state index is -0.774. The summed E-state index contributed by atoms with van der Waals surface area (Å²) >= 11 is 0. The van der Waals surface area contributed by atoms with Crippen molar-refractivity contribution in [3.63, 3.8) is 0 Å². The standard InChI is InChI=1S/C19H12F2N4O/c20-14-7-4-8-15(21)19(14)24-12-10-17(26)18(23-24)16-9-11-22-25(16)13-5-2-1-3-6-13/h1-12H. The summed E-state index contributed by atoms with van der Waals surface area (Å²) in [6.07, 6.45) is 2.76. The maximum Gasteiger partial charge on any atom is 0.209 e. The molecule has 0 saturated carbocycles. The summed E-state index contributed by atoms with van der Waals surface area (Å²) < 4.78 is 30.7. The molecule has 0 bridgehead atoms. The van der Waals surface area contributed by atoms with Gasteiger partial charge in [-0.3, -0.25) is 4.79 Å². The first-order valence-corrected chi connectivity index (χ1v) is 7.79. The zero-order valence-electron chi connectivity index (χ0n) is 13.4. The lowest BCUT2D eigenvalue weighted by Crippen LogP contribution is -2.16. The molecule has 0 radical (unpaired) electrons. The highest BCUT2D eigenvalue weighted by molar-refractivity contribution is 5.57. The second-order valence-electron chi connectivity index (χ2n) is 5.51. The van der Waals surface area contributed by atoms with Crippen LogP contribution in [-0.2, 0) is 0 Å². The molecule has 26 heavy (non-hydrogen) atoms. The summed E-state index contributed by atoms with van der Waals surface area (Å²) in [5, 5.41) is 8.38. The van der Waals surface area contributed by atoms with Gasteiger partial charge >= 0.3 is 0 Å². The molecule has 0 N–H and O–H groups in total. The molecule has 0 aliphatic heterocycles. The van der Waals surface area contributed by atoms with Gasteiger partial charge in [-0.15, -0.1) is 0 Å². The van der Waals surface area contributed by atoms with E-state index in [0.29, 0.717) is 5.69 Å². The van der Waals surface area contributed by atoms with E-state index in [1.54, 1.807) is 10.7 Å². The van der Waals surface area contributed by atoms with Crippen molar-refractivity contribution < 1.29 is 8.78 Å². The molecule has 0 spiro atoms. The first kappa shape index (κ1) is 15.9. The van der Waals surface area contributed by atoms with Gasteiger partial charge in [0.1, 0.15) is 5.69 Å². The fourth-order valence-corrected chi connectivity index (χ4v) is 2.68. The predicted octanol–water partition coefficient (Wildman–Crippen LogP) is 3.36. The Kier molecular flexibility index (Phi) is 3.89. The van der Waals surface area contributed by atoms with Crippen LogP contribution in [0.5, 0.6) is 0 Å². The highest BCUT2D eigenvalue weighted by Gasteiger charge is 2.16. The van der Waals surface area contributed by atoms with Gasteiger partial charge in [0.25, 0.3) is 0 Å². The van der Waals surface area contributed by atoms with Crippen LogP contribution in [0, 0.1) is 11.6 Å². The van der Waals surface area contributed by atoms with E-state index in [1.165, 1.54) is 24.5 Å². The lowest BCUT2D eigenvalue weighted by molar-refractivity contribution is 0.558. The minimum Gasteiger partial charge on any atom is -0.287 e. The summed E-state index contributed by atoms with van der Waals surface area (Å²) in [6, 6.07) is 15.6. The van der Waals surface area contributed by atoms with Gasteiger partial charge in [0, 0.05) is 12.3 Å². The van der Waals surface area contributed by atoms with Crippen LogP contribution in [0.15, 0.2) is 77.9 Å². The summed E-state index contributed by atoms with van der Waals surface area (Å²) in [5.41, 5.74) is 0.472. The number of benzene rings is 2. The summed E-state index contributed by atoms with van der Waals surface area (Å²) in [7, 11) is 0. The van der Waals surface area contributed by atoms with E-state index in [2.05, 4.69) is 10.2 Å². The van der Waals surface area contributed by atoms with Crippen molar-refractivity contribution in [3.05, 3.63) is 94.9 Å². The molecule has 0 unspecified atom stereocenters. The molecule has 0 saturated heterocycles. The number of para-hydroxylation sites is 2. The fourth-order valence-electron chi connectivity index (χ4n) is 2.68. The molecule has 4 aromatic rings. The van der Waals surface area contributed by atoms with Gasteiger partial charge in [0.2, 0.25) is 5.43 Å². The first-order valence-electron chi connectivity index (χ1n) is 7.79. The lowest BCUT2D eigenvalue weighted by atomic mass is 10.2. The van der Waals surface area contributed by atoms with E-state index >= 15 is 0 Å². The molecule has 2 aromatic carbocycles. The van der Waals surface area contributed by atoms with Gasteiger partial charge < -0.3 is 0 Å². The second-order valence-corrected chi connectivity index (χ2v) is 5.51. The van der Waals surface area contributed by atoms with Crippen LogP contribution in [0.4, 0.5) is 8.78 Å². The molecule has 128 valence electrons.